The van der Waals surface area contributed by atoms with Crippen LogP contribution in [0.4, 0.5) is 5.69 Å². The number of Topliss-reactive ketones (excluding diaryl/α,β-unsaturated/α-hetero) is 1. The van der Waals surface area contributed by atoms with E-state index in [4.69, 9.17) is 16.0 Å². The van der Waals surface area contributed by atoms with Gasteiger partial charge in [0.1, 0.15) is 5.58 Å². The highest BCUT2D eigenvalue weighted by atomic mass is 35.5. The number of carbonyl (C=O) groups excluding carboxylic acids is 2. The molecular formula is C19H16ClNO3. The topological polar surface area (TPSA) is 59.3 Å². The molecule has 0 aliphatic heterocycles. The first kappa shape index (κ1) is 16.3. The molecule has 0 saturated carbocycles. The minimum atomic E-state index is -0.162. The third kappa shape index (κ3) is 3.34. The van der Waals surface area contributed by atoms with Crippen LogP contribution in [0.15, 0.2) is 47.1 Å². The first-order chi connectivity index (χ1) is 11.4. The van der Waals surface area contributed by atoms with Crippen molar-refractivity contribution < 1.29 is 14.0 Å². The van der Waals surface area contributed by atoms with Crippen molar-refractivity contribution in [2.45, 2.75) is 20.3 Å². The van der Waals surface area contributed by atoms with Gasteiger partial charge < -0.3 is 9.73 Å². The maximum Gasteiger partial charge on any atom is 0.228 e. The SMILES string of the molecule is CC(=O)c1ccc(NC(=O)Cc2coc3cc(C)c(Cl)cc23)cc1. The van der Waals surface area contributed by atoms with Crippen molar-refractivity contribution >= 4 is 39.9 Å². The van der Waals surface area contributed by atoms with Crippen molar-refractivity contribution in [3.8, 4) is 0 Å². The van der Waals surface area contributed by atoms with Crippen molar-refractivity contribution in [2.75, 3.05) is 5.32 Å². The van der Waals surface area contributed by atoms with Crippen LogP contribution in [0.1, 0.15) is 28.4 Å². The Balaban J connectivity index is 1.75. The van der Waals surface area contributed by atoms with Gasteiger partial charge in [-0.1, -0.05) is 11.6 Å². The quantitative estimate of drug-likeness (QED) is 0.695. The number of amides is 1. The molecule has 0 radical (unpaired) electrons. The summed E-state index contributed by atoms with van der Waals surface area (Å²) < 4.78 is 5.50. The molecule has 0 unspecified atom stereocenters. The zero-order chi connectivity index (χ0) is 17.3. The predicted molar refractivity (Wildman–Crippen MR) is 94.7 cm³/mol. The Morgan fingerprint density at radius 2 is 1.88 bits per heavy atom. The molecule has 3 aromatic rings. The summed E-state index contributed by atoms with van der Waals surface area (Å²) in [6.07, 6.45) is 1.76. The molecule has 1 heterocycles. The number of ketones is 1. The maximum atomic E-state index is 12.2. The van der Waals surface area contributed by atoms with E-state index in [0.29, 0.717) is 21.9 Å². The largest absolute Gasteiger partial charge is 0.464 e. The van der Waals surface area contributed by atoms with E-state index >= 15 is 0 Å². The van der Waals surface area contributed by atoms with Gasteiger partial charge in [0, 0.05) is 27.2 Å². The van der Waals surface area contributed by atoms with Gasteiger partial charge in [-0.15, -0.1) is 0 Å². The fourth-order valence-electron chi connectivity index (χ4n) is 2.50. The summed E-state index contributed by atoms with van der Waals surface area (Å²) in [6, 6.07) is 10.5. The third-order valence-electron chi connectivity index (χ3n) is 3.86. The van der Waals surface area contributed by atoms with E-state index in [9.17, 15) is 9.59 Å². The van der Waals surface area contributed by atoms with Crippen LogP contribution in [0, 0.1) is 6.92 Å². The van der Waals surface area contributed by atoms with Gasteiger partial charge in [0.25, 0.3) is 0 Å². The molecule has 0 fully saturated rings. The van der Waals surface area contributed by atoms with Crippen molar-refractivity contribution in [1.29, 1.82) is 0 Å². The van der Waals surface area contributed by atoms with Crippen LogP contribution in [-0.2, 0) is 11.2 Å². The Bertz CT molecular complexity index is 926. The Hall–Kier alpha value is -2.59. The van der Waals surface area contributed by atoms with E-state index in [1.54, 1.807) is 30.5 Å². The number of benzene rings is 2. The average Bonchev–Trinajstić information content (AvgIpc) is 2.90. The highest BCUT2D eigenvalue weighted by Crippen LogP contribution is 2.28. The van der Waals surface area contributed by atoms with Gasteiger partial charge in [0.2, 0.25) is 5.91 Å². The molecule has 0 bridgehead atoms. The normalized spacial score (nSPS) is 10.8. The van der Waals surface area contributed by atoms with Crippen molar-refractivity contribution in [3.05, 3.63) is 64.4 Å². The molecule has 2 aromatic carbocycles. The Morgan fingerprint density at radius 1 is 1.17 bits per heavy atom. The number of furan rings is 1. The molecule has 3 rings (SSSR count). The zero-order valence-electron chi connectivity index (χ0n) is 13.4. The van der Waals surface area contributed by atoms with Crippen molar-refractivity contribution in [3.63, 3.8) is 0 Å². The first-order valence-electron chi connectivity index (χ1n) is 7.51. The van der Waals surface area contributed by atoms with E-state index < -0.39 is 0 Å². The second kappa shape index (κ2) is 6.49. The van der Waals surface area contributed by atoms with Crippen molar-refractivity contribution in [1.82, 2.24) is 0 Å². The number of halogens is 1. The van der Waals surface area contributed by atoms with Gasteiger partial charge in [0.15, 0.2) is 5.78 Å². The summed E-state index contributed by atoms with van der Waals surface area (Å²) in [6.45, 7) is 3.41. The lowest BCUT2D eigenvalue weighted by atomic mass is 10.1. The highest BCUT2D eigenvalue weighted by molar-refractivity contribution is 6.32. The van der Waals surface area contributed by atoms with E-state index in [-0.39, 0.29) is 18.1 Å². The lowest BCUT2D eigenvalue weighted by Crippen LogP contribution is -2.14. The molecule has 0 spiro atoms. The molecule has 1 amide bonds. The van der Waals surface area contributed by atoms with Gasteiger partial charge >= 0.3 is 0 Å². The molecule has 0 aliphatic carbocycles. The lowest BCUT2D eigenvalue weighted by molar-refractivity contribution is -0.115. The Kier molecular flexibility index (Phi) is 4.40. The van der Waals surface area contributed by atoms with Crippen LogP contribution in [0.25, 0.3) is 11.0 Å². The zero-order valence-corrected chi connectivity index (χ0v) is 14.1. The van der Waals surface area contributed by atoms with Crippen LogP contribution in [0.2, 0.25) is 5.02 Å². The number of nitrogens with one attached hydrogen (secondary N) is 1. The molecule has 122 valence electrons. The average molecular weight is 342 g/mol. The number of fused-ring (bicyclic) bond motifs is 1. The van der Waals surface area contributed by atoms with Gasteiger partial charge in [-0.2, -0.15) is 0 Å². The van der Waals surface area contributed by atoms with Gasteiger partial charge in [0.05, 0.1) is 12.7 Å². The van der Waals surface area contributed by atoms with Crippen LogP contribution in [-0.4, -0.2) is 11.7 Å². The Morgan fingerprint density at radius 3 is 2.54 bits per heavy atom. The summed E-state index contributed by atoms with van der Waals surface area (Å²) in [7, 11) is 0. The number of hydrogen-bond acceptors (Lipinski definition) is 3. The Labute approximate surface area is 144 Å². The van der Waals surface area contributed by atoms with Crippen LogP contribution >= 0.6 is 11.6 Å². The maximum absolute atomic E-state index is 12.2. The van der Waals surface area contributed by atoms with Gasteiger partial charge in [-0.25, -0.2) is 0 Å². The lowest BCUT2D eigenvalue weighted by Gasteiger charge is -2.05. The third-order valence-corrected chi connectivity index (χ3v) is 4.27. The summed E-state index contributed by atoms with van der Waals surface area (Å²) in [4.78, 5) is 23.5. The van der Waals surface area contributed by atoms with Crippen LogP contribution in [0.3, 0.4) is 0 Å². The minimum Gasteiger partial charge on any atom is -0.464 e. The second-order valence-corrected chi connectivity index (χ2v) is 6.12. The number of carbonyl (C=O) groups is 2. The molecular weight excluding hydrogens is 326 g/mol. The number of rotatable bonds is 4. The summed E-state index contributed by atoms with van der Waals surface area (Å²) in [5, 5.41) is 4.30. The van der Waals surface area contributed by atoms with E-state index in [1.807, 2.05) is 19.1 Å². The van der Waals surface area contributed by atoms with E-state index in [1.165, 1.54) is 6.92 Å². The second-order valence-electron chi connectivity index (χ2n) is 5.72. The molecule has 1 N–H and O–H groups in total. The number of aryl methyl sites for hydroxylation is 1. The molecule has 1 aromatic heterocycles. The molecule has 24 heavy (non-hydrogen) atoms. The van der Waals surface area contributed by atoms with Crippen LogP contribution in [0.5, 0.6) is 0 Å². The van der Waals surface area contributed by atoms with Gasteiger partial charge in [-0.05, 0) is 55.8 Å². The standard InChI is InChI=1S/C19H16ClNO3/c1-11-7-18-16(9-17(11)20)14(10-24-18)8-19(23)21-15-5-3-13(4-6-15)12(2)22/h3-7,9-10H,8H2,1-2H3,(H,21,23). The number of anilines is 1. The fourth-order valence-corrected chi connectivity index (χ4v) is 2.67. The van der Waals surface area contributed by atoms with E-state index in [0.717, 1.165) is 16.5 Å². The molecule has 5 heteroatoms. The molecule has 0 aliphatic rings. The van der Waals surface area contributed by atoms with Crippen molar-refractivity contribution in [2.24, 2.45) is 0 Å². The fraction of sp³-hybridized carbons (Fsp3) is 0.158. The number of hydrogen-bond donors (Lipinski definition) is 1. The predicted octanol–water partition coefficient (Wildman–Crippen LogP) is 4.78. The minimum absolute atomic E-state index is 0.00934. The molecule has 0 saturated heterocycles. The van der Waals surface area contributed by atoms with Crippen LogP contribution < -0.4 is 5.32 Å². The smallest absolute Gasteiger partial charge is 0.228 e. The summed E-state index contributed by atoms with van der Waals surface area (Å²) in [5.74, 6) is -0.171. The summed E-state index contributed by atoms with van der Waals surface area (Å²) >= 11 is 6.15. The molecule has 4 nitrogen and oxygen atoms in total. The highest BCUT2D eigenvalue weighted by Gasteiger charge is 2.12. The van der Waals surface area contributed by atoms with E-state index in [2.05, 4.69) is 5.32 Å². The van der Waals surface area contributed by atoms with Gasteiger partial charge in [-0.3, -0.25) is 9.59 Å². The summed E-state index contributed by atoms with van der Waals surface area (Å²) in [5.41, 5.74) is 3.68. The first-order valence-corrected chi connectivity index (χ1v) is 7.89. The monoisotopic (exact) mass is 341 g/mol. The molecule has 0 atom stereocenters.